The summed E-state index contributed by atoms with van der Waals surface area (Å²) in [6.45, 7) is 20.8. The normalized spacial score (nSPS) is 16.0. The van der Waals surface area contributed by atoms with Crippen molar-refractivity contribution in [2.24, 2.45) is 5.41 Å². The van der Waals surface area contributed by atoms with Crippen LogP contribution in [0.3, 0.4) is 0 Å². The fourth-order valence-corrected chi connectivity index (χ4v) is 2.04. The maximum atomic E-state index is 3.67. The molecule has 0 aliphatic carbocycles. The van der Waals surface area contributed by atoms with Gasteiger partial charge >= 0.3 is 0 Å². The lowest BCUT2D eigenvalue weighted by atomic mass is 9.85. The maximum Gasteiger partial charge on any atom is 0.00967 e. The number of hydrogen-bond donors (Lipinski definition) is 1. The highest BCUT2D eigenvalue weighted by Crippen LogP contribution is 2.23. The molecule has 110 valence electrons. The summed E-state index contributed by atoms with van der Waals surface area (Å²) in [6, 6.07) is 0. The van der Waals surface area contributed by atoms with Crippen LogP contribution in [-0.2, 0) is 0 Å². The van der Waals surface area contributed by atoms with E-state index in [0.717, 1.165) is 6.54 Å². The van der Waals surface area contributed by atoms with E-state index in [-0.39, 0.29) is 5.54 Å². The first-order valence-electron chi connectivity index (χ1n) is 7.73. The zero-order valence-corrected chi connectivity index (χ0v) is 13.9. The van der Waals surface area contributed by atoms with Gasteiger partial charge in [-0.1, -0.05) is 34.1 Å². The molecule has 1 unspecified atom stereocenters. The van der Waals surface area contributed by atoms with E-state index in [1.165, 1.54) is 38.9 Å². The van der Waals surface area contributed by atoms with Gasteiger partial charge in [-0.2, -0.15) is 0 Å². The predicted octanol–water partition coefficient (Wildman–Crippen LogP) is 3.91. The fourth-order valence-electron chi connectivity index (χ4n) is 2.04. The minimum Gasteiger partial charge on any atom is -0.311 e. The average Bonchev–Trinajstić information content (AvgIpc) is 2.31. The Labute approximate surface area is 116 Å². The highest BCUT2D eigenvalue weighted by molar-refractivity contribution is 4.83. The molecule has 2 heteroatoms. The summed E-state index contributed by atoms with van der Waals surface area (Å²) in [5, 5.41) is 3.67. The molecule has 0 bridgehead atoms. The summed E-state index contributed by atoms with van der Waals surface area (Å²) < 4.78 is 0. The van der Waals surface area contributed by atoms with Crippen molar-refractivity contribution in [2.75, 3.05) is 26.2 Å². The second-order valence-corrected chi connectivity index (χ2v) is 6.99. The summed E-state index contributed by atoms with van der Waals surface area (Å²) in [6.07, 6.45) is 3.85. The Morgan fingerprint density at radius 1 is 1.00 bits per heavy atom. The number of nitrogens with zero attached hydrogens (tertiary/aromatic N) is 1. The lowest BCUT2D eigenvalue weighted by Crippen LogP contribution is -2.47. The van der Waals surface area contributed by atoms with Gasteiger partial charge in [-0.15, -0.1) is 0 Å². The van der Waals surface area contributed by atoms with Crippen LogP contribution in [0.4, 0.5) is 0 Å². The van der Waals surface area contributed by atoms with Gasteiger partial charge in [-0.3, -0.25) is 0 Å². The number of rotatable bonds is 9. The summed E-state index contributed by atoms with van der Waals surface area (Å²) >= 11 is 0. The monoisotopic (exact) mass is 256 g/mol. The van der Waals surface area contributed by atoms with Gasteiger partial charge in [0.15, 0.2) is 0 Å². The van der Waals surface area contributed by atoms with Crippen molar-refractivity contribution in [2.45, 2.75) is 73.3 Å². The minimum absolute atomic E-state index is 0.219. The van der Waals surface area contributed by atoms with E-state index >= 15 is 0 Å². The zero-order valence-electron chi connectivity index (χ0n) is 13.9. The molecule has 2 nitrogen and oxygen atoms in total. The molecule has 0 aliphatic heterocycles. The molecule has 0 saturated carbocycles. The lowest BCUT2D eigenvalue weighted by molar-refractivity contribution is 0.149. The molecule has 0 aromatic carbocycles. The molecule has 0 spiro atoms. The molecule has 1 N–H and O–H groups in total. The van der Waals surface area contributed by atoms with Crippen LogP contribution in [0.2, 0.25) is 0 Å². The van der Waals surface area contributed by atoms with Crippen LogP contribution in [0, 0.1) is 5.41 Å². The molecule has 0 rings (SSSR count). The topological polar surface area (TPSA) is 15.3 Å². The van der Waals surface area contributed by atoms with E-state index in [0.29, 0.717) is 5.41 Å². The molecule has 0 saturated heterocycles. The van der Waals surface area contributed by atoms with Crippen LogP contribution in [0.5, 0.6) is 0 Å². The van der Waals surface area contributed by atoms with Gasteiger partial charge < -0.3 is 10.2 Å². The van der Waals surface area contributed by atoms with Crippen LogP contribution in [0.25, 0.3) is 0 Å². The maximum absolute atomic E-state index is 3.67. The third kappa shape index (κ3) is 8.10. The minimum atomic E-state index is 0.219. The molecule has 0 radical (unpaired) electrons. The standard InChI is InChI=1S/C16H36N2/c1-8-11-12-18(10-3)14-16(7,9-2)13-17-15(4,5)6/h17H,8-14H2,1-7H3. The molecule has 18 heavy (non-hydrogen) atoms. The van der Waals surface area contributed by atoms with Gasteiger partial charge in [0.2, 0.25) is 0 Å². The van der Waals surface area contributed by atoms with E-state index < -0.39 is 0 Å². The van der Waals surface area contributed by atoms with Crippen molar-refractivity contribution in [1.29, 1.82) is 0 Å². The van der Waals surface area contributed by atoms with Gasteiger partial charge in [0, 0.05) is 18.6 Å². The molecular weight excluding hydrogens is 220 g/mol. The molecule has 0 amide bonds. The van der Waals surface area contributed by atoms with Crippen molar-refractivity contribution >= 4 is 0 Å². The zero-order chi connectivity index (χ0) is 14.2. The quantitative estimate of drug-likeness (QED) is 0.673. The summed E-state index contributed by atoms with van der Waals surface area (Å²) in [4.78, 5) is 2.61. The van der Waals surface area contributed by atoms with Gasteiger partial charge in [0.05, 0.1) is 0 Å². The van der Waals surface area contributed by atoms with E-state index in [1.807, 2.05) is 0 Å². The Kier molecular flexibility index (Phi) is 8.13. The fraction of sp³-hybridized carbons (Fsp3) is 1.00. The van der Waals surface area contributed by atoms with E-state index in [9.17, 15) is 0 Å². The Morgan fingerprint density at radius 3 is 2.00 bits per heavy atom. The average molecular weight is 256 g/mol. The van der Waals surface area contributed by atoms with Gasteiger partial charge in [0.1, 0.15) is 0 Å². The first kappa shape index (κ1) is 17.9. The predicted molar refractivity (Wildman–Crippen MR) is 83.2 cm³/mol. The molecule has 0 aromatic rings. The van der Waals surface area contributed by atoms with Crippen LogP contribution >= 0.6 is 0 Å². The van der Waals surface area contributed by atoms with Crippen LogP contribution in [-0.4, -0.2) is 36.6 Å². The van der Waals surface area contributed by atoms with Crippen molar-refractivity contribution in [3.8, 4) is 0 Å². The third-order valence-corrected chi connectivity index (χ3v) is 3.78. The number of hydrogen-bond acceptors (Lipinski definition) is 2. The summed E-state index contributed by atoms with van der Waals surface area (Å²) in [5.41, 5.74) is 0.605. The largest absolute Gasteiger partial charge is 0.311 e. The van der Waals surface area contributed by atoms with Gasteiger partial charge in [-0.25, -0.2) is 0 Å². The van der Waals surface area contributed by atoms with Crippen molar-refractivity contribution in [3.05, 3.63) is 0 Å². The van der Waals surface area contributed by atoms with Crippen molar-refractivity contribution < 1.29 is 0 Å². The second kappa shape index (κ2) is 8.16. The van der Waals surface area contributed by atoms with Crippen molar-refractivity contribution in [1.82, 2.24) is 10.2 Å². The summed E-state index contributed by atoms with van der Waals surface area (Å²) in [7, 11) is 0. The van der Waals surface area contributed by atoms with Gasteiger partial charge in [0.25, 0.3) is 0 Å². The lowest BCUT2D eigenvalue weighted by Gasteiger charge is -2.37. The SMILES string of the molecule is CCCCN(CC)CC(C)(CC)CNC(C)(C)C. The second-order valence-electron chi connectivity index (χ2n) is 6.99. The van der Waals surface area contributed by atoms with Crippen LogP contribution in [0.15, 0.2) is 0 Å². The molecule has 0 fully saturated rings. The van der Waals surface area contributed by atoms with E-state index in [4.69, 9.17) is 0 Å². The van der Waals surface area contributed by atoms with E-state index in [2.05, 4.69) is 58.7 Å². The highest BCUT2D eigenvalue weighted by Gasteiger charge is 2.26. The first-order chi connectivity index (χ1) is 8.26. The smallest absolute Gasteiger partial charge is 0.00967 e. The van der Waals surface area contributed by atoms with Gasteiger partial charge in [-0.05, 0) is 52.1 Å². The first-order valence-corrected chi connectivity index (χ1v) is 7.73. The highest BCUT2D eigenvalue weighted by atomic mass is 15.1. The number of unbranched alkanes of at least 4 members (excludes halogenated alkanes) is 1. The van der Waals surface area contributed by atoms with Crippen LogP contribution in [0.1, 0.15) is 67.7 Å². The molecular formula is C16H36N2. The summed E-state index contributed by atoms with van der Waals surface area (Å²) in [5.74, 6) is 0. The van der Waals surface area contributed by atoms with Crippen LogP contribution < -0.4 is 5.32 Å². The molecule has 0 aromatic heterocycles. The Morgan fingerprint density at radius 2 is 1.61 bits per heavy atom. The van der Waals surface area contributed by atoms with E-state index in [1.54, 1.807) is 0 Å². The molecule has 0 heterocycles. The Hall–Kier alpha value is -0.0800. The van der Waals surface area contributed by atoms with Crippen molar-refractivity contribution in [3.63, 3.8) is 0 Å². The molecule has 1 atom stereocenters. The molecule has 0 aliphatic rings. The Balaban J connectivity index is 4.34. The third-order valence-electron chi connectivity index (χ3n) is 3.78. The Bertz CT molecular complexity index is 208. The number of nitrogens with one attached hydrogen (secondary N) is 1.